The van der Waals surface area contributed by atoms with Crippen LogP contribution < -0.4 is 0 Å². The lowest BCUT2D eigenvalue weighted by Crippen LogP contribution is -2.34. The highest BCUT2D eigenvalue weighted by molar-refractivity contribution is 7.90. The van der Waals surface area contributed by atoms with E-state index in [1.54, 1.807) is 24.3 Å². The van der Waals surface area contributed by atoms with E-state index in [9.17, 15) is 23.3 Å². The smallest absolute Gasteiger partial charge is 0.270 e. The predicted octanol–water partition coefficient (Wildman–Crippen LogP) is 5.28. The van der Waals surface area contributed by atoms with Gasteiger partial charge < -0.3 is 0 Å². The SMILES string of the molecule is O=CC=C(c1cc2cc([N+](=O)[O-])ccc2n1S(=O)(=O)c1ccccc1)C1CCN(Cc2ccccc2)CC1. The normalized spacial score (nSPS) is 15.5. The molecule has 194 valence electrons. The minimum Gasteiger partial charge on any atom is -0.299 e. The van der Waals surface area contributed by atoms with Gasteiger partial charge in [0.1, 0.15) is 6.29 Å². The zero-order chi connectivity index (χ0) is 26.7. The zero-order valence-electron chi connectivity index (χ0n) is 20.6. The van der Waals surface area contributed by atoms with Crippen molar-refractivity contribution >= 4 is 38.5 Å². The molecule has 1 saturated heterocycles. The lowest BCUT2D eigenvalue weighted by Gasteiger charge is -2.33. The van der Waals surface area contributed by atoms with Crippen molar-refractivity contribution in [3.05, 3.63) is 112 Å². The van der Waals surface area contributed by atoms with Gasteiger partial charge in [-0.1, -0.05) is 48.5 Å². The van der Waals surface area contributed by atoms with Crippen LogP contribution in [0.25, 0.3) is 16.5 Å². The number of hydrogen-bond donors (Lipinski definition) is 0. The number of aromatic nitrogens is 1. The van der Waals surface area contributed by atoms with Gasteiger partial charge in [-0.25, -0.2) is 12.4 Å². The summed E-state index contributed by atoms with van der Waals surface area (Å²) >= 11 is 0. The first-order valence-electron chi connectivity index (χ1n) is 12.4. The van der Waals surface area contributed by atoms with Crippen molar-refractivity contribution in [3.8, 4) is 0 Å². The summed E-state index contributed by atoms with van der Waals surface area (Å²) in [4.78, 5) is 25.2. The summed E-state index contributed by atoms with van der Waals surface area (Å²) in [6.07, 6.45) is 3.63. The van der Waals surface area contributed by atoms with Gasteiger partial charge in [-0.15, -0.1) is 0 Å². The highest BCUT2D eigenvalue weighted by atomic mass is 32.2. The third-order valence-electron chi connectivity index (χ3n) is 7.05. The fraction of sp³-hybridized carbons (Fsp3) is 0.207. The van der Waals surface area contributed by atoms with Gasteiger partial charge in [-0.2, -0.15) is 0 Å². The number of hydrogen-bond acceptors (Lipinski definition) is 6. The van der Waals surface area contributed by atoms with Crippen LogP contribution in [0.1, 0.15) is 24.1 Å². The summed E-state index contributed by atoms with van der Waals surface area (Å²) in [6, 6.07) is 24.0. The first-order chi connectivity index (χ1) is 18.4. The summed E-state index contributed by atoms with van der Waals surface area (Å²) in [5.41, 5.74) is 2.40. The van der Waals surface area contributed by atoms with Crippen molar-refractivity contribution in [3.63, 3.8) is 0 Å². The zero-order valence-corrected chi connectivity index (χ0v) is 21.5. The molecule has 2 heterocycles. The number of piperidine rings is 1. The third kappa shape index (κ3) is 5.03. The number of likely N-dealkylation sites (tertiary alicyclic amines) is 1. The van der Waals surface area contributed by atoms with Crippen molar-refractivity contribution in [2.45, 2.75) is 24.3 Å². The molecule has 0 bridgehead atoms. The second kappa shape index (κ2) is 10.7. The fourth-order valence-corrected chi connectivity index (χ4v) is 6.75. The van der Waals surface area contributed by atoms with Crippen molar-refractivity contribution in [2.75, 3.05) is 13.1 Å². The number of allylic oxidation sites excluding steroid dienone is 2. The van der Waals surface area contributed by atoms with Crippen LogP contribution in [0, 0.1) is 16.0 Å². The lowest BCUT2D eigenvalue weighted by atomic mass is 9.87. The van der Waals surface area contributed by atoms with E-state index in [1.807, 2.05) is 18.2 Å². The van der Waals surface area contributed by atoms with Crippen molar-refractivity contribution in [1.29, 1.82) is 0 Å². The van der Waals surface area contributed by atoms with Crippen LogP contribution >= 0.6 is 0 Å². The standard InChI is InChI=1S/C29H27N3O5S/c33-18-15-27(23-13-16-30(17-14-23)21-22-7-3-1-4-8-22)29-20-24-19-25(32(34)35)11-12-28(24)31(29)38(36,37)26-9-5-2-6-10-26/h1-12,15,18-20,23H,13-14,16-17,21H2. The third-order valence-corrected chi connectivity index (χ3v) is 8.79. The molecule has 0 N–H and O–H groups in total. The molecule has 1 aromatic heterocycles. The molecule has 3 aromatic carbocycles. The highest BCUT2D eigenvalue weighted by Crippen LogP contribution is 2.38. The first kappa shape index (κ1) is 25.6. The number of carbonyl (C=O) groups excluding carboxylic acids is 1. The second-order valence-electron chi connectivity index (χ2n) is 9.41. The molecule has 4 aromatic rings. The lowest BCUT2D eigenvalue weighted by molar-refractivity contribution is -0.384. The number of aldehydes is 1. The average molecular weight is 530 g/mol. The first-order valence-corrected chi connectivity index (χ1v) is 13.8. The molecule has 8 nitrogen and oxygen atoms in total. The van der Waals surface area contributed by atoms with Crippen LogP contribution in [0.4, 0.5) is 5.69 Å². The van der Waals surface area contributed by atoms with E-state index < -0.39 is 14.9 Å². The van der Waals surface area contributed by atoms with E-state index in [1.165, 1.54) is 45.9 Å². The van der Waals surface area contributed by atoms with Crippen LogP contribution in [-0.2, 0) is 21.4 Å². The van der Waals surface area contributed by atoms with E-state index in [2.05, 4.69) is 17.0 Å². The molecule has 0 atom stereocenters. The summed E-state index contributed by atoms with van der Waals surface area (Å²) in [6.45, 7) is 2.42. The molecule has 0 amide bonds. The molecular formula is C29H27N3O5S. The molecule has 0 unspecified atom stereocenters. The number of rotatable bonds is 8. The van der Waals surface area contributed by atoms with Crippen LogP contribution in [0.5, 0.6) is 0 Å². The maximum absolute atomic E-state index is 13.9. The predicted molar refractivity (Wildman–Crippen MR) is 146 cm³/mol. The van der Waals surface area contributed by atoms with Gasteiger partial charge in [0.25, 0.3) is 15.7 Å². The monoisotopic (exact) mass is 529 g/mol. The van der Waals surface area contributed by atoms with Crippen LogP contribution in [0.15, 0.2) is 95.9 Å². The minimum absolute atomic E-state index is 0.0451. The summed E-state index contributed by atoms with van der Waals surface area (Å²) < 4.78 is 29.0. The van der Waals surface area contributed by atoms with Gasteiger partial charge in [0.15, 0.2) is 0 Å². The Morgan fingerprint density at radius 3 is 2.24 bits per heavy atom. The topological polar surface area (TPSA) is 103 Å². The van der Waals surface area contributed by atoms with E-state index in [0.29, 0.717) is 28.5 Å². The van der Waals surface area contributed by atoms with Gasteiger partial charge in [-0.05, 0) is 73.3 Å². The van der Waals surface area contributed by atoms with Crippen molar-refractivity contribution in [1.82, 2.24) is 8.87 Å². The Morgan fingerprint density at radius 1 is 0.947 bits per heavy atom. The van der Waals surface area contributed by atoms with E-state index in [0.717, 1.165) is 32.5 Å². The Hall–Kier alpha value is -4.08. The highest BCUT2D eigenvalue weighted by Gasteiger charge is 2.30. The molecular weight excluding hydrogens is 502 g/mol. The average Bonchev–Trinajstić information content (AvgIpc) is 3.32. The number of benzene rings is 3. The summed E-state index contributed by atoms with van der Waals surface area (Å²) in [5.74, 6) is -0.0451. The molecule has 5 rings (SSSR count). The second-order valence-corrected chi connectivity index (χ2v) is 11.2. The van der Waals surface area contributed by atoms with Crippen molar-refractivity contribution in [2.24, 2.45) is 5.92 Å². The summed E-state index contributed by atoms with van der Waals surface area (Å²) in [5, 5.41) is 11.8. The number of fused-ring (bicyclic) bond motifs is 1. The fourth-order valence-electron chi connectivity index (χ4n) is 5.20. The maximum atomic E-state index is 13.9. The van der Waals surface area contributed by atoms with Gasteiger partial charge in [-0.3, -0.25) is 19.8 Å². The van der Waals surface area contributed by atoms with Crippen molar-refractivity contribution < 1.29 is 18.1 Å². The Bertz CT molecular complexity index is 1600. The Morgan fingerprint density at radius 2 is 1.61 bits per heavy atom. The number of nitrogens with zero attached hydrogens (tertiary/aromatic N) is 3. The van der Waals surface area contributed by atoms with Gasteiger partial charge in [0.05, 0.1) is 21.0 Å². The maximum Gasteiger partial charge on any atom is 0.270 e. The molecule has 9 heteroatoms. The Kier molecular flexibility index (Phi) is 7.22. The van der Waals surface area contributed by atoms with Crippen LogP contribution in [0.3, 0.4) is 0 Å². The molecule has 38 heavy (non-hydrogen) atoms. The van der Waals surface area contributed by atoms with E-state index >= 15 is 0 Å². The van der Waals surface area contributed by atoms with Gasteiger partial charge in [0, 0.05) is 24.1 Å². The van der Waals surface area contributed by atoms with Gasteiger partial charge >= 0.3 is 0 Å². The van der Waals surface area contributed by atoms with E-state index in [-0.39, 0.29) is 16.5 Å². The quantitative estimate of drug-likeness (QED) is 0.133. The molecule has 0 aliphatic carbocycles. The molecule has 0 spiro atoms. The minimum atomic E-state index is -4.06. The van der Waals surface area contributed by atoms with E-state index in [4.69, 9.17) is 0 Å². The number of nitro benzene ring substituents is 1. The number of nitro groups is 1. The number of non-ortho nitro benzene ring substituents is 1. The molecule has 1 aliphatic heterocycles. The summed E-state index contributed by atoms with van der Waals surface area (Å²) in [7, 11) is -4.06. The molecule has 0 saturated carbocycles. The Labute approximate surface area is 221 Å². The van der Waals surface area contributed by atoms with Crippen LogP contribution in [0.2, 0.25) is 0 Å². The van der Waals surface area contributed by atoms with Crippen LogP contribution in [-0.4, -0.2) is 41.6 Å². The van der Waals surface area contributed by atoms with Gasteiger partial charge in [0.2, 0.25) is 0 Å². The Balaban J connectivity index is 1.56. The molecule has 0 radical (unpaired) electrons. The molecule has 1 aliphatic rings. The number of carbonyl (C=O) groups is 1. The molecule has 1 fully saturated rings. The largest absolute Gasteiger partial charge is 0.299 e.